The van der Waals surface area contributed by atoms with E-state index in [4.69, 9.17) is 4.55 Å². The van der Waals surface area contributed by atoms with Gasteiger partial charge in [0.05, 0.1) is 4.90 Å². The average Bonchev–Trinajstić information content (AvgIpc) is 2.03. The summed E-state index contributed by atoms with van der Waals surface area (Å²) in [6, 6.07) is 6.13. The van der Waals surface area contributed by atoms with Gasteiger partial charge in [-0.2, -0.15) is 8.42 Å². The fraction of sp³-hybridized carbons (Fsp3) is 0.222. The van der Waals surface area contributed by atoms with Crippen LogP contribution in [0.15, 0.2) is 29.2 Å². The fourth-order valence-electron chi connectivity index (χ4n) is 0.982. The van der Waals surface area contributed by atoms with Crippen molar-refractivity contribution in [3.8, 4) is 0 Å². The van der Waals surface area contributed by atoms with Gasteiger partial charge in [0.1, 0.15) is 0 Å². The van der Waals surface area contributed by atoms with E-state index >= 15 is 0 Å². The summed E-state index contributed by atoms with van der Waals surface area (Å²) < 4.78 is 30.2. The molecule has 0 bridgehead atoms. The summed E-state index contributed by atoms with van der Waals surface area (Å²) in [5, 5.41) is 0. The molecule has 0 aromatic heterocycles. The largest absolute Gasteiger partial charge is 0.294 e. The van der Waals surface area contributed by atoms with Gasteiger partial charge in [0, 0.05) is 0 Å². The van der Waals surface area contributed by atoms with Gasteiger partial charge >= 0.3 is 0 Å². The molecule has 0 saturated carbocycles. The van der Waals surface area contributed by atoms with Crippen LogP contribution in [0.4, 0.5) is 0 Å². The van der Waals surface area contributed by atoms with Crippen LogP contribution in [0.2, 0.25) is 0 Å². The van der Waals surface area contributed by atoms with Crippen LogP contribution in [0.5, 0.6) is 0 Å². The molecule has 0 heterocycles. The molecule has 1 aromatic carbocycles. The van der Waals surface area contributed by atoms with Crippen LogP contribution in [0, 0.1) is 6.92 Å². The highest BCUT2D eigenvalue weighted by Gasteiger charge is 2.10. The molecule has 0 saturated heterocycles. The van der Waals surface area contributed by atoms with E-state index < -0.39 is 10.1 Å². The first-order valence-corrected chi connectivity index (χ1v) is 5.26. The molecule has 0 aliphatic carbocycles. The number of hydrogen-bond acceptors (Lipinski definition) is 2. The van der Waals surface area contributed by atoms with Gasteiger partial charge < -0.3 is 0 Å². The maximum Gasteiger partial charge on any atom is 0.294 e. The molecule has 71 valence electrons. The lowest BCUT2D eigenvalue weighted by molar-refractivity contribution is 0.483. The third kappa shape index (κ3) is 2.54. The summed E-state index contributed by atoms with van der Waals surface area (Å²) in [5.74, 6) is 0.00157. The second kappa shape index (κ2) is 3.47. The van der Waals surface area contributed by atoms with Crippen LogP contribution >= 0.6 is 0 Å². The highest BCUT2D eigenvalue weighted by molar-refractivity contribution is 7.85. The van der Waals surface area contributed by atoms with E-state index in [0.29, 0.717) is 0 Å². The summed E-state index contributed by atoms with van der Waals surface area (Å²) in [6.45, 7) is 5.61. The van der Waals surface area contributed by atoms with Crippen molar-refractivity contribution >= 4 is 10.1 Å². The van der Waals surface area contributed by atoms with E-state index in [2.05, 4.69) is 6.92 Å². The monoisotopic (exact) mass is 199 g/mol. The average molecular weight is 199 g/mol. The molecule has 3 nitrogen and oxygen atoms in total. The zero-order chi connectivity index (χ0) is 10.1. The first-order chi connectivity index (χ1) is 5.91. The molecule has 0 aliphatic rings. The van der Waals surface area contributed by atoms with Crippen LogP contribution in [0.1, 0.15) is 18.4 Å². The topological polar surface area (TPSA) is 54.4 Å². The van der Waals surface area contributed by atoms with Crippen molar-refractivity contribution in [3.05, 3.63) is 36.8 Å². The lowest BCUT2D eigenvalue weighted by Crippen LogP contribution is -1.99. The second-order valence-electron chi connectivity index (χ2n) is 2.95. The number of hydrogen-bond donors (Lipinski definition) is 1. The Morgan fingerprint density at radius 2 is 2.08 bits per heavy atom. The highest BCUT2D eigenvalue weighted by atomic mass is 32.2. The maximum absolute atomic E-state index is 10.7. The fourth-order valence-corrected chi connectivity index (χ4v) is 1.52. The molecule has 0 fully saturated rings. The van der Waals surface area contributed by atoms with Gasteiger partial charge in [0.15, 0.2) is 0 Å². The van der Waals surface area contributed by atoms with Crippen molar-refractivity contribution in [2.75, 3.05) is 0 Å². The SMILES string of the molecule is [CH2]C(C)c1cccc(S(=O)(=O)O)c1. The lowest BCUT2D eigenvalue weighted by atomic mass is 10.0. The quantitative estimate of drug-likeness (QED) is 0.740. The number of benzene rings is 1. The van der Waals surface area contributed by atoms with Gasteiger partial charge in [-0.25, -0.2) is 0 Å². The van der Waals surface area contributed by atoms with E-state index in [1.54, 1.807) is 12.1 Å². The van der Waals surface area contributed by atoms with Gasteiger partial charge in [-0.1, -0.05) is 19.1 Å². The normalized spacial score (nSPS) is 12.0. The second-order valence-corrected chi connectivity index (χ2v) is 4.37. The van der Waals surface area contributed by atoms with Crippen molar-refractivity contribution in [3.63, 3.8) is 0 Å². The Bertz CT molecular complexity index is 393. The molecular formula is C9H11O3S. The lowest BCUT2D eigenvalue weighted by Gasteiger charge is -2.05. The van der Waals surface area contributed by atoms with Gasteiger partial charge in [-0.15, -0.1) is 0 Å². The number of rotatable bonds is 2. The Morgan fingerprint density at radius 1 is 1.46 bits per heavy atom. The minimum atomic E-state index is -4.09. The van der Waals surface area contributed by atoms with E-state index in [-0.39, 0.29) is 10.8 Å². The third-order valence-electron chi connectivity index (χ3n) is 1.72. The van der Waals surface area contributed by atoms with Crippen LogP contribution in [0.3, 0.4) is 0 Å². The van der Waals surface area contributed by atoms with Crippen molar-refractivity contribution < 1.29 is 13.0 Å². The molecule has 0 aliphatic heterocycles. The zero-order valence-corrected chi connectivity index (χ0v) is 8.08. The smallest absolute Gasteiger partial charge is 0.282 e. The van der Waals surface area contributed by atoms with E-state index in [0.717, 1.165) is 5.56 Å². The van der Waals surface area contributed by atoms with Crippen molar-refractivity contribution in [2.45, 2.75) is 17.7 Å². The molecule has 1 rings (SSSR count). The Morgan fingerprint density at radius 3 is 2.54 bits per heavy atom. The molecule has 1 aromatic rings. The Hall–Kier alpha value is -0.870. The van der Waals surface area contributed by atoms with E-state index in [1.165, 1.54) is 12.1 Å². The van der Waals surface area contributed by atoms with Crippen LogP contribution < -0.4 is 0 Å². The molecular weight excluding hydrogens is 188 g/mol. The molecule has 4 heteroatoms. The summed E-state index contributed by atoms with van der Waals surface area (Å²) in [4.78, 5) is -0.0829. The highest BCUT2D eigenvalue weighted by Crippen LogP contribution is 2.17. The molecule has 1 N–H and O–H groups in total. The van der Waals surface area contributed by atoms with Gasteiger partial charge in [0.25, 0.3) is 10.1 Å². The third-order valence-corrected chi connectivity index (χ3v) is 2.57. The standard InChI is InChI=1S/C9H11O3S/c1-7(2)8-4-3-5-9(6-8)13(10,11)12/h3-7H,1H2,2H3,(H,10,11,12). The van der Waals surface area contributed by atoms with Crippen LogP contribution in [-0.4, -0.2) is 13.0 Å². The maximum atomic E-state index is 10.7. The van der Waals surface area contributed by atoms with Crippen molar-refractivity contribution in [2.24, 2.45) is 0 Å². The van der Waals surface area contributed by atoms with Gasteiger partial charge in [-0.3, -0.25) is 4.55 Å². The van der Waals surface area contributed by atoms with Gasteiger partial charge in [-0.05, 0) is 30.5 Å². The Labute approximate surface area is 78.2 Å². The summed E-state index contributed by atoms with van der Waals surface area (Å²) in [5.41, 5.74) is 0.787. The summed E-state index contributed by atoms with van der Waals surface area (Å²) >= 11 is 0. The molecule has 0 amide bonds. The minimum absolute atomic E-state index is 0.00157. The molecule has 13 heavy (non-hydrogen) atoms. The van der Waals surface area contributed by atoms with Crippen LogP contribution in [-0.2, 0) is 10.1 Å². The predicted octanol–water partition coefficient (Wildman–Crippen LogP) is 1.87. The molecule has 0 spiro atoms. The molecule has 1 unspecified atom stereocenters. The molecule has 1 radical (unpaired) electrons. The van der Waals surface area contributed by atoms with E-state index in [1.807, 2.05) is 6.92 Å². The van der Waals surface area contributed by atoms with Crippen LogP contribution in [0.25, 0.3) is 0 Å². The van der Waals surface area contributed by atoms with Crippen molar-refractivity contribution in [1.82, 2.24) is 0 Å². The van der Waals surface area contributed by atoms with E-state index in [9.17, 15) is 8.42 Å². The zero-order valence-electron chi connectivity index (χ0n) is 7.27. The Kier molecular flexibility index (Phi) is 2.73. The Balaban J connectivity index is 3.21. The van der Waals surface area contributed by atoms with Crippen molar-refractivity contribution in [1.29, 1.82) is 0 Å². The summed E-state index contributed by atoms with van der Waals surface area (Å²) in [7, 11) is -4.09. The first-order valence-electron chi connectivity index (χ1n) is 3.82. The first kappa shape index (κ1) is 10.2. The minimum Gasteiger partial charge on any atom is -0.282 e. The predicted molar refractivity (Wildman–Crippen MR) is 50.0 cm³/mol. The summed E-state index contributed by atoms with van der Waals surface area (Å²) in [6.07, 6.45) is 0. The van der Waals surface area contributed by atoms with Gasteiger partial charge in [0.2, 0.25) is 0 Å². The molecule has 1 atom stereocenters.